The summed E-state index contributed by atoms with van der Waals surface area (Å²) in [5.41, 5.74) is 2.00. The van der Waals surface area contributed by atoms with Gasteiger partial charge in [0.05, 0.1) is 0 Å². The highest BCUT2D eigenvalue weighted by Crippen LogP contribution is 2.12. The average Bonchev–Trinajstić information content (AvgIpc) is 2.46. The van der Waals surface area contributed by atoms with Crippen molar-refractivity contribution in [2.75, 3.05) is 0 Å². The molecule has 3 heteroatoms. The lowest BCUT2D eigenvalue weighted by molar-refractivity contribution is -0.110. The van der Waals surface area contributed by atoms with Crippen LogP contribution in [0.3, 0.4) is 0 Å². The van der Waals surface area contributed by atoms with Gasteiger partial charge in [-0.1, -0.05) is 68.3 Å². The number of carbonyl (C=O) groups is 1. The van der Waals surface area contributed by atoms with Gasteiger partial charge in [0.15, 0.2) is 5.78 Å². The maximum atomic E-state index is 11.7. The van der Waals surface area contributed by atoms with Gasteiger partial charge in [0.2, 0.25) is 0 Å². The fraction of sp³-hybridized carbons (Fsp3) is 0. The second-order valence-corrected chi connectivity index (χ2v) is 6.00. The first-order valence-corrected chi connectivity index (χ1v) is 7.63. The van der Waals surface area contributed by atoms with Crippen LogP contribution in [-0.4, -0.2) is 5.78 Å². The van der Waals surface area contributed by atoms with Crippen molar-refractivity contribution in [2.24, 2.45) is 0 Å². The minimum Gasteiger partial charge on any atom is -0.290 e. The molecule has 0 aliphatic rings. The van der Waals surface area contributed by atoms with Gasteiger partial charge in [-0.2, -0.15) is 0 Å². The van der Waals surface area contributed by atoms with Crippen LogP contribution in [0.5, 0.6) is 0 Å². The summed E-state index contributed by atoms with van der Waals surface area (Å²) in [5.74, 6) is -0.0316. The van der Waals surface area contributed by atoms with Crippen LogP contribution in [0, 0.1) is 0 Å². The average molecular weight is 392 g/mol. The fourth-order valence-corrected chi connectivity index (χ4v) is 2.09. The molecular formula is C17H12Br2O. The molecule has 0 bridgehead atoms. The van der Waals surface area contributed by atoms with E-state index >= 15 is 0 Å². The summed E-state index contributed by atoms with van der Waals surface area (Å²) in [6.07, 6.45) is 6.75. The summed E-state index contributed by atoms with van der Waals surface area (Å²) in [4.78, 5) is 11.7. The number of carbonyl (C=O) groups excluding carboxylic acids is 1. The Hall–Kier alpha value is -1.45. The van der Waals surface area contributed by atoms with Gasteiger partial charge in [0.1, 0.15) is 0 Å². The zero-order chi connectivity index (χ0) is 14.4. The normalized spacial score (nSPS) is 11.3. The molecular weight excluding hydrogens is 380 g/mol. The summed E-state index contributed by atoms with van der Waals surface area (Å²) < 4.78 is 2.05. The Bertz CT molecular complexity index is 580. The van der Waals surface area contributed by atoms with Gasteiger partial charge in [-0.15, -0.1) is 0 Å². The molecule has 0 amide bonds. The van der Waals surface area contributed by atoms with Crippen LogP contribution in [0.2, 0.25) is 0 Å². The summed E-state index contributed by atoms with van der Waals surface area (Å²) >= 11 is 6.75. The van der Waals surface area contributed by atoms with Crippen LogP contribution in [0.15, 0.2) is 69.6 Å². The van der Waals surface area contributed by atoms with E-state index in [0.29, 0.717) is 0 Å². The zero-order valence-electron chi connectivity index (χ0n) is 10.6. The molecule has 0 aromatic heterocycles. The van der Waals surface area contributed by atoms with E-state index in [9.17, 15) is 4.79 Å². The Kier molecular flexibility index (Phi) is 5.50. The largest absolute Gasteiger partial charge is 0.290 e. The van der Waals surface area contributed by atoms with Crippen molar-refractivity contribution in [1.29, 1.82) is 0 Å². The summed E-state index contributed by atoms with van der Waals surface area (Å²) in [5, 5.41) is 0. The minimum absolute atomic E-state index is 0.0316. The Morgan fingerprint density at radius 1 is 0.700 bits per heavy atom. The van der Waals surface area contributed by atoms with Crippen molar-refractivity contribution in [3.8, 4) is 0 Å². The molecule has 0 radical (unpaired) electrons. The first-order valence-electron chi connectivity index (χ1n) is 6.05. The highest BCUT2D eigenvalue weighted by molar-refractivity contribution is 9.10. The monoisotopic (exact) mass is 390 g/mol. The van der Waals surface area contributed by atoms with Crippen molar-refractivity contribution < 1.29 is 4.79 Å². The SMILES string of the molecule is O=C(C=Cc1ccc(Br)cc1)/C=C/c1ccc(Br)cc1. The predicted octanol–water partition coefficient (Wildman–Crippen LogP) is 5.51. The third-order valence-corrected chi connectivity index (χ3v) is 3.68. The molecule has 0 heterocycles. The standard InChI is InChI=1S/C17H12Br2O/c18-15-7-1-13(2-8-15)5-11-17(20)12-6-14-3-9-16(19)10-4-14/h1-12H/b11-5+,12-6?. The van der Waals surface area contributed by atoms with Gasteiger partial charge in [-0.3, -0.25) is 4.79 Å². The Balaban J connectivity index is 1.98. The smallest absolute Gasteiger partial charge is 0.178 e. The number of rotatable bonds is 4. The third-order valence-electron chi connectivity index (χ3n) is 2.62. The number of allylic oxidation sites excluding steroid dienone is 2. The van der Waals surface area contributed by atoms with E-state index in [0.717, 1.165) is 20.1 Å². The van der Waals surface area contributed by atoms with E-state index in [2.05, 4.69) is 31.9 Å². The van der Waals surface area contributed by atoms with Gasteiger partial charge in [0.25, 0.3) is 0 Å². The Morgan fingerprint density at radius 2 is 1.05 bits per heavy atom. The van der Waals surface area contributed by atoms with Crippen LogP contribution in [0.1, 0.15) is 11.1 Å². The fourth-order valence-electron chi connectivity index (χ4n) is 1.56. The van der Waals surface area contributed by atoms with Crippen LogP contribution in [0.25, 0.3) is 12.2 Å². The van der Waals surface area contributed by atoms with Gasteiger partial charge in [0, 0.05) is 8.95 Å². The maximum Gasteiger partial charge on any atom is 0.178 e. The molecule has 0 fully saturated rings. The Labute approximate surface area is 135 Å². The second-order valence-electron chi connectivity index (χ2n) is 4.17. The molecule has 2 aromatic rings. The summed E-state index contributed by atoms with van der Waals surface area (Å²) in [7, 11) is 0. The van der Waals surface area contributed by atoms with Crippen molar-refractivity contribution in [1.82, 2.24) is 0 Å². The molecule has 0 saturated carbocycles. The molecule has 0 N–H and O–H groups in total. The lowest BCUT2D eigenvalue weighted by Gasteiger charge is -1.94. The molecule has 0 unspecified atom stereocenters. The van der Waals surface area contributed by atoms with E-state index < -0.39 is 0 Å². The van der Waals surface area contributed by atoms with E-state index in [1.807, 2.05) is 48.5 Å². The van der Waals surface area contributed by atoms with Gasteiger partial charge < -0.3 is 0 Å². The topological polar surface area (TPSA) is 17.1 Å². The van der Waals surface area contributed by atoms with E-state index in [4.69, 9.17) is 0 Å². The maximum absolute atomic E-state index is 11.7. The van der Waals surface area contributed by atoms with Crippen molar-refractivity contribution >= 4 is 49.8 Å². The van der Waals surface area contributed by atoms with Crippen molar-refractivity contribution in [2.45, 2.75) is 0 Å². The van der Waals surface area contributed by atoms with Crippen LogP contribution in [-0.2, 0) is 4.79 Å². The highest BCUT2D eigenvalue weighted by Gasteiger charge is 1.92. The molecule has 1 nitrogen and oxygen atoms in total. The molecule has 100 valence electrons. The van der Waals surface area contributed by atoms with Gasteiger partial charge in [-0.25, -0.2) is 0 Å². The minimum atomic E-state index is -0.0316. The first kappa shape index (κ1) is 14.9. The predicted molar refractivity (Wildman–Crippen MR) is 91.4 cm³/mol. The second kappa shape index (κ2) is 7.36. The number of benzene rings is 2. The summed E-state index contributed by atoms with van der Waals surface area (Å²) in [6.45, 7) is 0. The van der Waals surface area contributed by atoms with Crippen LogP contribution in [0.4, 0.5) is 0 Å². The summed E-state index contributed by atoms with van der Waals surface area (Å²) in [6, 6.07) is 15.6. The van der Waals surface area contributed by atoms with E-state index in [1.165, 1.54) is 0 Å². The van der Waals surface area contributed by atoms with Gasteiger partial charge in [-0.05, 0) is 47.5 Å². The van der Waals surface area contributed by atoms with Crippen molar-refractivity contribution in [3.63, 3.8) is 0 Å². The number of hydrogen-bond donors (Lipinski definition) is 0. The lowest BCUT2D eigenvalue weighted by atomic mass is 10.1. The zero-order valence-corrected chi connectivity index (χ0v) is 13.8. The molecule has 2 aromatic carbocycles. The van der Waals surface area contributed by atoms with Crippen LogP contribution >= 0.6 is 31.9 Å². The molecule has 0 aliphatic heterocycles. The number of hydrogen-bond acceptors (Lipinski definition) is 1. The molecule has 20 heavy (non-hydrogen) atoms. The highest BCUT2D eigenvalue weighted by atomic mass is 79.9. The molecule has 0 saturated heterocycles. The van der Waals surface area contributed by atoms with E-state index in [1.54, 1.807) is 24.3 Å². The van der Waals surface area contributed by atoms with E-state index in [-0.39, 0.29) is 5.78 Å². The number of ketones is 1. The lowest BCUT2D eigenvalue weighted by Crippen LogP contribution is -1.84. The Morgan fingerprint density at radius 3 is 1.40 bits per heavy atom. The molecule has 0 atom stereocenters. The van der Waals surface area contributed by atoms with Crippen LogP contribution < -0.4 is 0 Å². The molecule has 0 spiro atoms. The van der Waals surface area contributed by atoms with Crippen molar-refractivity contribution in [3.05, 3.63) is 80.8 Å². The third kappa shape index (κ3) is 4.91. The number of halogens is 2. The molecule has 0 aliphatic carbocycles. The quantitative estimate of drug-likeness (QED) is 0.628. The molecule has 2 rings (SSSR count). The first-order chi connectivity index (χ1) is 9.63. The van der Waals surface area contributed by atoms with Gasteiger partial charge >= 0.3 is 0 Å².